The van der Waals surface area contributed by atoms with E-state index in [9.17, 15) is 0 Å². The van der Waals surface area contributed by atoms with Gasteiger partial charge in [-0.3, -0.25) is 0 Å². The van der Waals surface area contributed by atoms with Crippen LogP contribution in [0.5, 0.6) is 5.75 Å². The molecule has 0 amide bonds. The maximum absolute atomic E-state index is 5.26. The third-order valence-corrected chi connectivity index (χ3v) is 3.28. The van der Waals surface area contributed by atoms with Crippen molar-refractivity contribution in [1.82, 2.24) is 5.32 Å². The van der Waals surface area contributed by atoms with E-state index in [4.69, 9.17) is 4.74 Å². The van der Waals surface area contributed by atoms with Gasteiger partial charge in [-0.2, -0.15) is 0 Å². The van der Waals surface area contributed by atoms with Crippen LogP contribution in [-0.2, 0) is 0 Å². The van der Waals surface area contributed by atoms with Crippen molar-refractivity contribution >= 4 is 5.69 Å². The first-order chi connectivity index (χ1) is 8.20. The average molecular weight is 234 g/mol. The number of hydrogen-bond donors (Lipinski definition) is 2. The topological polar surface area (TPSA) is 33.3 Å². The first-order valence-electron chi connectivity index (χ1n) is 6.36. The van der Waals surface area contributed by atoms with Crippen molar-refractivity contribution in [3.8, 4) is 5.75 Å². The lowest BCUT2D eigenvalue weighted by atomic mass is 9.90. The Balaban J connectivity index is 2.14. The Morgan fingerprint density at radius 1 is 1.47 bits per heavy atom. The number of ether oxygens (including phenoxy) is 1. The van der Waals surface area contributed by atoms with E-state index in [0.717, 1.165) is 18.8 Å². The highest BCUT2D eigenvalue weighted by atomic mass is 16.5. The summed E-state index contributed by atoms with van der Waals surface area (Å²) in [5.74, 6) is 1.54. The van der Waals surface area contributed by atoms with Crippen LogP contribution in [0.1, 0.15) is 31.7 Å². The van der Waals surface area contributed by atoms with Crippen molar-refractivity contribution in [2.75, 3.05) is 25.5 Å². The molecule has 1 atom stereocenters. The largest absolute Gasteiger partial charge is 0.497 e. The van der Waals surface area contributed by atoms with E-state index in [0.29, 0.717) is 12.0 Å². The summed E-state index contributed by atoms with van der Waals surface area (Å²) in [6.45, 7) is 6.48. The molecular weight excluding hydrogens is 212 g/mol. The van der Waals surface area contributed by atoms with Crippen LogP contribution in [0.25, 0.3) is 0 Å². The van der Waals surface area contributed by atoms with Gasteiger partial charge < -0.3 is 15.4 Å². The van der Waals surface area contributed by atoms with Gasteiger partial charge in [-0.15, -0.1) is 0 Å². The van der Waals surface area contributed by atoms with Gasteiger partial charge in [0.15, 0.2) is 0 Å². The fraction of sp³-hybridized carbons (Fsp3) is 0.571. The molecule has 3 heteroatoms. The Morgan fingerprint density at radius 3 is 3.00 bits per heavy atom. The fourth-order valence-corrected chi connectivity index (χ4v) is 2.30. The predicted molar refractivity (Wildman–Crippen MR) is 72.0 cm³/mol. The molecule has 0 fully saturated rings. The van der Waals surface area contributed by atoms with E-state index >= 15 is 0 Å². The first kappa shape index (κ1) is 12.2. The molecule has 1 unspecified atom stereocenters. The Bertz CT molecular complexity index is 376. The molecule has 0 aliphatic carbocycles. The number of rotatable bonds is 4. The third-order valence-electron chi connectivity index (χ3n) is 3.28. The quantitative estimate of drug-likeness (QED) is 0.840. The second-order valence-electron chi connectivity index (χ2n) is 4.93. The Labute approximate surface area is 104 Å². The fourth-order valence-electron chi connectivity index (χ4n) is 2.30. The normalized spacial score (nSPS) is 18.7. The minimum Gasteiger partial charge on any atom is -0.497 e. The minimum absolute atomic E-state index is 0.548. The highest BCUT2D eigenvalue weighted by Crippen LogP contribution is 2.33. The van der Waals surface area contributed by atoms with Crippen LogP contribution in [0.4, 0.5) is 5.69 Å². The zero-order valence-electron chi connectivity index (χ0n) is 10.9. The Hall–Kier alpha value is -1.22. The van der Waals surface area contributed by atoms with Gasteiger partial charge in [0.1, 0.15) is 5.75 Å². The van der Waals surface area contributed by atoms with Gasteiger partial charge in [0.25, 0.3) is 0 Å². The molecule has 3 nitrogen and oxygen atoms in total. The van der Waals surface area contributed by atoms with Gasteiger partial charge in [-0.1, -0.05) is 19.9 Å². The van der Waals surface area contributed by atoms with Crippen molar-refractivity contribution < 1.29 is 4.74 Å². The maximum atomic E-state index is 5.26. The van der Waals surface area contributed by atoms with Crippen LogP contribution < -0.4 is 15.4 Å². The summed E-state index contributed by atoms with van der Waals surface area (Å²) in [7, 11) is 1.71. The van der Waals surface area contributed by atoms with Gasteiger partial charge in [-0.05, 0) is 18.1 Å². The molecule has 2 N–H and O–H groups in total. The molecule has 0 spiro atoms. The van der Waals surface area contributed by atoms with Crippen LogP contribution in [0.2, 0.25) is 0 Å². The summed E-state index contributed by atoms with van der Waals surface area (Å²) >= 11 is 0. The van der Waals surface area contributed by atoms with Crippen molar-refractivity contribution in [2.45, 2.75) is 32.2 Å². The zero-order valence-corrected chi connectivity index (χ0v) is 10.9. The molecule has 1 aliphatic heterocycles. The summed E-state index contributed by atoms with van der Waals surface area (Å²) < 4.78 is 5.26. The summed E-state index contributed by atoms with van der Waals surface area (Å²) in [6, 6.07) is 6.88. The van der Waals surface area contributed by atoms with E-state index in [1.807, 2.05) is 6.07 Å². The monoisotopic (exact) mass is 234 g/mol. The molecule has 1 aromatic rings. The number of fused-ring (bicyclic) bond motifs is 1. The van der Waals surface area contributed by atoms with Gasteiger partial charge in [0.05, 0.1) is 7.11 Å². The van der Waals surface area contributed by atoms with Crippen LogP contribution in [0.3, 0.4) is 0 Å². The SMILES string of the molecule is COc1ccc2c(c1)NCCC2CNC(C)C. The lowest BCUT2D eigenvalue weighted by Crippen LogP contribution is -2.31. The molecule has 0 radical (unpaired) electrons. The first-order valence-corrected chi connectivity index (χ1v) is 6.36. The molecule has 0 bridgehead atoms. The van der Waals surface area contributed by atoms with Gasteiger partial charge in [0, 0.05) is 36.8 Å². The molecule has 17 heavy (non-hydrogen) atoms. The van der Waals surface area contributed by atoms with Crippen LogP contribution in [0.15, 0.2) is 18.2 Å². The zero-order chi connectivity index (χ0) is 12.3. The molecule has 2 rings (SSSR count). The smallest absolute Gasteiger partial charge is 0.120 e. The van der Waals surface area contributed by atoms with Gasteiger partial charge in [-0.25, -0.2) is 0 Å². The molecule has 1 heterocycles. The van der Waals surface area contributed by atoms with E-state index < -0.39 is 0 Å². The summed E-state index contributed by atoms with van der Waals surface area (Å²) in [4.78, 5) is 0. The van der Waals surface area contributed by atoms with Crippen molar-refractivity contribution in [2.24, 2.45) is 0 Å². The lowest BCUT2D eigenvalue weighted by Gasteiger charge is -2.28. The van der Waals surface area contributed by atoms with E-state index in [-0.39, 0.29) is 0 Å². The molecule has 1 aromatic carbocycles. The highest BCUT2D eigenvalue weighted by molar-refractivity contribution is 5.58. The van der Waals surface area contributed by atoms with E-state index in [1.165, 1.54) is 17.7 Å². The molecule has 0 saturated carbocycles. The molecule has 0 saturated heterocycles. The summed E-state index contributed by atoms with van der Waals surface area (Å²) in [5, 5.41) is 6.97. The summed E-state index contributed by atoms with van der Waals surface area (Å²) in [6.07, 6.45) is 1.19. The molecular formula is C14H22N2O. The van der Waals surface area contributed by atoms with Crippen molar-refractivity contribution in [3.05, 3.63) is 23.8 Å². The minimum atomic E-state index is 0.548. The van der Waals surface area contributed by atoms with E-state index in [1.54, 1.807) is 7.11 Å². The number of anilines is 1. The number of nitrogens with one attached hydrogen (secondary N) is 2. The molecule has 94 valence electrons. The molecule has 0 aromatic heterocycles. The number of methoxy groups -OCH3 is 1. The highest BCUT2D eigenvalue weighted by Gasteiger charge is 2.20. The Kier molecular flexibility index (Phi) is 3.89. The predicted octanol–water partition coefficient (Wildman–Crippen LogP) is 2.59. The summed E-state index contributed by atoms with van der Waals surface area (Å²) in [5.41, 5.74) is 2.64. The number of hydrogen-bond acceptors (Lipinski definition) is 3. The second kappa shape index (κ2) is 5.41. The standard InChI is InChI=1S/C14H22N2O/c1-10(2)16-9-11-6-7-15-14-8-12(17-3)4-5-13(11)14/h4-5,8,10-11,15-16H,6-7,9H2,1-3H3. The van der Waals surface area contributed by atoms with Gasteiger partial charge in [0.2, 0.25) is 0 Å². The van der Waals surface area contributed by atoms with E-state index in [2.05, 4.69) is 36.6 Å². The van der Waals surface area contributed by atoms with Gasteiger partial charge >= 0.3 is 0 Å². The maximum Gasteiger partial charge on any atom is 0.120 e. The Morgan fingerprint density at radius 2 is 2.29 bits per heavy atom. The van der Waals surface area contributed by atoms with Crippen LogP contribution in [0, 0.1) is 0 Å². The van der Waals surface area contributed by atoms with Crippen LogP contribution >= 0.6 is 0 Å². The lowest BCUT2D eigenvalue weighted by molar-refractivity contribution is 0.414. The number of benzene rings is 1. The van der Waals surface area contributed by atoms with Crippen LogP contribution in [-0.4, -0.2) is 26.2 Å². The third kappa shape index (κ3) is 2.91. The second-order valence-corrected chi connectivity index (χ2v) is 4.93. The van der Waals surface area contributed by atoms with Crippen molar-refractivity contribution in [3.63, 3.8) is 0 Å². The molecule has 1 aliphatic rings. The average Bonchev–Trinajstić information content (AvgIpc) is 2.35. The van der Waals surface area contributed by atoms with Crippen molar-refractivity contribution in [1.29, 1.82) is 0 Å².